The molecule has 0 rings (SSSR count). The summed E-state index contributed by atoms with van der Waals surface area (Å²) in [5.41, 5.74) is 0. The van der Waals surface area contributed by atoms with Gasteiger partial charge in [0.1, 0.15) is 0 Å². The van der Waals surface area contributed by atoms with Crippen LogP contribution in [0.15, 0.2) is 0 Å². The van der Waals surface area contributed by atoms with Gasteiger partial charge in [0.25, 0.3) is 0 Å². The van der Waals surface area contributed by atoms with Gasteiger partial charge in [-0.2, -0.15) is 25.3 Å². The maximum atomic E-state index is 6.27. The molecule has 0 saturated heterocycles. The minimum atomic E-state index is 0.166. The minimum absolute atomic E-state index is 0.166. The molecule has 0 aliphatic rings. The fourth-order valence-corrected chi connectivity index (χ4v) is 3.09. The second-order valence-electron chi connectivity index (χ2n) is 5.00. The van der Waals surface area contributed by atoms with Crippen LogP contribution in [0.2, 0.25) is 0 Å². The molecule has 0 aromatic rings. The number of rotatable bonds is 12. The Kier molecular flexibility index (Phi) is 14.2. The van der Waals surface area contributed by atoms with E-state index in [9.17, 15) is 0 Å². The normalized spacial score (nSPS) is 16.5. The lowest BCUT2D eigenvalue weighted by Crippen LogP contribution is -2.15. The molecule has 0 aromatic carbocycles. The second kappa shape index (κ2) is 13.3. The summed E-state index contributed by atoms with van der Waals surface area (Å²) < 4.78 is 0. The van der Waals surface area contributed by atoms with Gasteiger partial charge in [-0.15, -0.1) is 23.2 Å². The van der Waals surface area contributed by atoms with Crippen molar-refractivity contribution in [3.05, 3.63) is 0 Å². The molecule has 0 bridgehead atoms. The summed E-state index contributed by atoms with van der Waals surface area (Å²) in [5, 5.41) is 1.05. The van der Waals surface area contributed by atoms with Gasteiger partial charge >= 0.3 is 0 Å². The first kappa shape index (κ1) is 19.3. The predicted molar refractivity (Wildman–Crippen MR) is 93.1 cm³/mol. The fourth-order valence-electron chi connectivity index (χ4n) is 1.96. The quantitative estimate of drug-likeness (QED) is 0.246. The highest BCUT2D eigenvalue weighted by molar-refractivity contribution is 7.81. The van der Waals surface area contributed by atoms with Crippen LogP contribution in [-0.4, -0.2) is 21.8 Å². The summed E-state index contributed by atoms with van der Waals surface area (Å²) in [4.78, 5) is 0. The molecular weight excluding hydrogens is 303 g/mol. The van der Waals surface area contributed by atoms with Crippen LogP contribution in [-0.2, 0) is 0 Å². The highest BCUT2D eigenvalue weighted by Gasteiger charge is 2.14. The second-order valence-corrected chi connectivity index (χ2v) is 7.33. The van der Waals surface area contributed by atoms with Crippen molar-refractivity contribution in [1.29, 1.82) is 0 Å². The van der Waals surface area contributed by atoms with E-state index in [-0.39, 0.29) is 5.38 Å². The van der Waals surface area contributed by atoms with Gasteiger partial charge in [0.2, 0.25) is 0 Å². The topological polar surface area (TPSA) is 0 Å². The monoisotopic (exact) mass is 330 g/mol. The highest BCUT2D eigenvalue weighted by Crippen LogP contribution is 2.22. The highest BCUT2D eigenvalue weighted by atomic mass is 35.5. The molecule has 0 spiro atoms. The molecule has 0 radical (unpaired) electrons. The number of alkyl halides is 2. The molecule has 3 atom stereocenters. The lowest BCUT2D eigenvalue weighted by Gasteiger charge is -2.17. The summed E-state index contributed by atoms with van der Waals surface area (Å²) in [6.07, 6.45) is 10.6. The molecule has 0 nitrogen and oxygen atoms in total. The van der Waals surface area contributed by atoms with Crippen LogP contribution >= 0.6 is 48.5 Å². The zero-order chi connectivity index (χ0) is 13.8. The Hall–Kier alpha value is 1.28. The summed E-state index contributed by atoms with van der Waals surface area (Å²) in [6.45, 7) is 2.23. The number of halogens is 2. The molecule has 0 saturated carbocycles. The SMILES string of the molecule is CCCCC(S)CCCCC(S)C(Cl)CCCCl. The van der Waals surface area contributed by atoms with E-state index in [4.69, 9.17) is 23.2 Å². The molecule has 110 valence electrons. The van der Waals surface area contributed by atoms with Gasteiger partial charge < -0.3 is 0 Å². The van der Waals surface area contributed by atoms with Crippen molar-refractivity contribution >= 4 is 48.5 Å². The molecular formula is C14H28Cl2S2. The van der Waals surface area contributed by atoms with Crippen molar-refractivity contribution in [2.24, 2.45) is 0 Å². The van der Waals surface area contributed by atoms with Crippen LogP contribution in [0.4, 0.5) is 0 Å². The number of hydrogen-bond acceptors (Lipinski definition) is 2. The lowest BCUT2D eigenvalue weighted by atomic mass is 10.0. The van der Waals surface area contributed by atoms with Crippen molar-refractivity contribution in [1.82, 2.24) is 0 Å². The van der Waals surface area contributed by atoms with Gasteiger partial charge in [-0.05, 0) is 32.1 Å². The van der Waals surface area contributed by atoms with E-state index in [0.29, 0.717) is 16.4 Å². The first-order valence-electron chi connectivity index (χ1n) is 7.18. The van der Waals surface area contributed by atoms with Gasteiger partial charge in [0.15, 0.2) is 0 Å². The summed E-state index contributed by atoms with van der Waals surface area (Å²) in [7, 11) is 0. The van der Waals surface area contributed by atoms with Crippen LogP contribution in [0.1, 0.15) is 64.7 Å². The van der Waals surface area contributed by atoms with Gasteiger partial charge in [0, 0.05) is 21.8 Å². The maximum Gasteiger partial charge on any atom is 0.0452 e. The third kappa shape index (κ3) is 11.1. The van der Waals surface area contributed by atoms with E-state index >= 15 is 0 Å². The summed E-state index contributed by atoms with van der Waals surface area (Å²) in [6, 6.07) is 0. The predicted octanol–water partition coefficient (Wildman–Crippen LogP) is 5.96. The lowest BCUT2D eigenvalue weighted by molar-refractivity contribution is 0.567. The standard InChI is InChI=1S/C14H28Cl2S2/c1-2-3-7-12(17)8-4-5-10-14(18)13(16)9-6-11-15/h12-14,17-18H,2-11H2,1H3. The molecule has 0 amide bonds. The van der Waals surface area contributed by atoms with Gasteiger partial charge in [-0.1, -0.05) is 32.6 Å². The van der Waals surface area contributed by atoms with Crippen LogP contribution in [0.5, 0.6) is 0 Å². The molecule has 3 unspecified atom stereocenters. The van der Waals surface area contributed by atoms with Crippen molar-refractivity contribution in [2.75, 3.05) is 5.88 Å². The van der Waals surface area contributed by atoms with Crippen molar-refractivity contribution < 1.29 is 0 Å². The third-order valence-corrected chi connectivity index (χ3v) is 5.31. The Morgan fingerprint density at radius 2 is 1.50 bits per heavy atom. The molecule has 0 aliphatic heterocycles. The van der Waals surface area contributed by atoms with E-state index in [1.165, 1.54) is 38.5 Å². The smallest absolute Gasteiger partial charge is 0.0452 e. The van der Waals surface area contributed by atoms with Crippen molar-refractivity contribution in [3.8, 4) is 0 Å². The first-order chi connectivity index (χ1) is 8.61. The van der Waals surface area contributed by atoms with Crippen molar-refractivity contribution in [3.63, 3.8) is 0 Å². The minimum Gasteiger partial charge on any atom is -0.176 e. The fraction of sp³-hybridized carbons (Fsp3) is 1.00. The van der Waals surface area contributed by atoms with E-state index in [1.807, 2.05) is 0 Å². The Morgan fingerprint density at radius 3 is 2.11 bits per heavy atom. The number of unbranched alkanes of at least 4 members (excludes halogenated alkanes) is 2. The number of thiol groups is 2. The molecule has 18 heavy (non-hydrogen) atoms. The van der Waals surface area contributed by atoms with E-state index < -0.39 is 0 Å². The molecule has 4 heteroatoms. The molecule has 0 aromatic heterocycles. The molecule has 0 aliphatic carbocycles. The van der Waals surface area contributed by atoms with Gasteiger partial charge in [0.05, 0.1) is 0 Å². The van der Waals surface area contributed by atoms with Crippen LogP contribution in [0.3, 0.4) is 0 Å². The first-order valence-corrected chi connectivity index (χ1v) is 9.18. The zero-order valence-corrected chi connectivity index (χ0v) is 14.8. The van der Waals surface area contributed by atoms with E-state index in [2.05, 4.69) is 32.2 Å². The third-order valence-electron chi connectivity index (χ3n) is 3.21. The maximum absolute atomic E-state index is 6.27. The van der Waals surface area contributed by atoms with Gasteiger partial charge in [-0.3, -0.25) is 0 Å². The Bertz CT molecular complexity index is 179. The van der Waals surface area contributed by atoms with Crippen LogP contribution in [0.25, 0.3) is 0 Å². The van der Waals surface area contributed by atoms with Crippen LogP contribution in [0, 0.1) is 0 Å². The summed E-state index contributed by atoms with van der Waals surface area (Å²) >= 11 is 21.1. The Labute approximate surface area is 134 Å². The largest absolute Gasteiger partial charge is 0.176 e. The van der Waals surface area contributed by atoms with Crippen molar-refractivity contribution in [2.45, 2.75) is 80.6 Å². The average molecular weight is 331 g/mol. The molecule has 0 fully saturated rings. The van der Waals surface area contributed by atoms with E-state index in [1.54, 1.807) is 0 Å². The Balaban J connectivity index is 3.46. The molecule has 0 N–H and O–H groups in total. The van der Waals surface area contributed by atoms with Gasteiger partial charge in [-0.25, -0.2) is 0 Å². The van der Waals surface area contributed by atoms with Crippen LogP contribution < -0.4 is 0 Å². The Morgan fingerprint density at radius 1 is 0.889 bits per heavy atom. The number of hydrogen-bond donors (Lipinski definition) is 2. The molecule has 0 heterocycles. The zero-order valence-electron chi connectivity index (χ0n) is 11.5. The van der Waals surface area contributed by atoms with E-state index in [0.717, 1.165) is 19.3 Å². The average Bonchev–Trinajstić information content (AvgIpc) is 2.38. The summed E-state index contributed by atoms with van der Waals surface area (Å²) in [5.74, 6) is 0.697.